The second-order valence-electron chi connectivity index (χ2n) is 5.52. The molecule has 3 rings (SSSR count). The first kappa shape index (κ1) is 9.64. The van der Waals surface area contributed by atoms with Crippen molar-refractivity contribution in [2.45, 2.75) is 32.1 Å². The van der Waals surface area contributed by atoms with Crippen LogP contribution in [0.2, 0.25) is 0 Å². The van der Waals surface area contributed by atoms with Crippen LogP contribution in [0.4, 0.5) is 0 Å². The van der Waals surface area contributed by atoms with E-state index in [2.05, 4.69) is 4.90 Å². The van der Waals surface area contributed by atoms with Crippen LogP contribution in [0.1, 0.15) is 32.1 Å². The molecular weight excluding hydrogens is 190 g/mol. The van der Waals surface area contributed by atoms with Crippen molar-refractivity contribution < 1.29 is 9.53 Å². The standard InChI is InChI=1S/C12H19NO2/c14-11(7-10-1-2-10)13-5-3-12(4-6-13)8-15-9-12/h10H,1-9H2. The van der Waals surface area contributed by atoms with Crippen LogP contribution in [0.15, 0.2) is 0 Å². The van der Waals surface area contributed by atoms with Crippen LogP contribution in [0.25, 0.3) is 0 Å². The maximum absolute atomic E-state index is 11.9. The van der Waals surface area contributed by atoms with Crippen molar-refractivity contribution >= 4 is 5.91 Å². The van der Waals surface area contributed by atoms with E-state index >= 15 is 0 Å². The Labute approximate surface area is 90.8 Å². The van der Waals surface area contributed by atoms with Crippen molar-refractivity contribution in [1.29, 1.82) is 0 Å². The summed E-state index contributed by atoms with van der Waals surface area (Å²) in [5.41, 5.74) is 0.455. The molecule has 2 heterocycles. The number of carbonyl (C=O) groups is 1. The molecule has 1 aliphatic carbocycles. The second kappa shape index (κ2) is 3.48. The highest BCUT2D eigenvalue weighted by atomic mass is 16.5. The molecule has 2 saturated heterocycles. The zero-order valence-electron chi connectivity index (χ0n) is 9.21. The van der Waals surface area contributed by atoms with Gasteiger partial charge in [0.25, 0.3) is 0 Å². The number of hydrogen-bond acceptors (Lipinski definition) is 2. The van der Waals surface area contributed by atoms with Crippen LogP contribution in [-0.2, 0) is 9.53 Å². The summed E-state index contributed by atoms with van der Waals surface area (Å²) in [7, 11) is 0. The SMILES string of the molecule is O=C(CC1CC1)N1CCC2(CC1)COC2. The lowest BCUT2D eigenvalue weighted by Gasteiger charge is -2.47. The van der Waals surface area contributed by atoms with Gasteiger partial charge in [0.2, 0.25) is 5.91 Å². The highest BCUT2D eigenvalue weighted by Gasteiger charge is 2.42. The predicted molar refractivity (Wildman–Crippen MR) is 56.4 cm³/mol. The third kappa shape index (κ3) is 1.89. The lowest BCUT2D eigenvalue weighted by atomic mass is 9.77. The maximum atomic E-state index is 11.9. The summed E-state index contributed by atoms with van der Waals surface area (Å²) in [4.78, 5) is 13.9. The number of ether oxygens (including phenoxy) is 1. The van der Waals surface area contributed by atoms with Gasteiger partial charge in [0.05, 0.1) is 13.2 Å². The molecule has 1 saturated carbocycles. The Balaban J connectivity index is 1.49. The summed E-state index contributed by atoms with van der Waals surface area (Å²) < 4.78 is 5.28. The Morgan fingerprint density at radius 3 is 2.40 bits per heavy atom. The Morgan fingerprint density at radius 2 is 1.93 bits per heavy atom. The van der Waals surface area contributed by atoms with E-state index in [0.29, 0.717) is 11.3 Å². The number of likely N-dealkylation sites (tertiary alicyclic amines) is 1. The van der Waals surface area contributed by atoms with Gasteiger partial charge in [-0.15, -0.1) is 0 Å². The van der Waals surface area contributed by atoms with E-state index in [0.717, 1.165) is 51.5 Å². The minimum atomic E-state index is 0.396. The molecule has 1 spiro atoms. The van der Waals surface area contributed by atoms with Gasteiger partial charge in [-0.25, -0.2) is 0 Å². The first-order chi connectivity index (χ1) is 7.27. The van der Waals surface area contributed by atoms with E-state index in [-0.39, 0.29) is 0 Å². The van der Waals surface area contributed by atoms with E-state index in [1.54, 1.807) is 0 Å². The van der Waals surface area contributed by atoms with E-state index in [9.17, 15) is 4.79 Å². The molecule has 0 atom stereocenters. The zero-order chi connectivity index (χ0) is 10.3. The molecular formula is C12H19NO2. The van der Waals surface area contributed by atoms with Crippen molar-refractivity contribution in [3.05, 3.63) is 0 Å². The number of carbonyl (C=O) groups excluding carboxylic acids is 1. The van der Waals surface area contributed by atoms with Crippen molar-refractivity contribution in [2.24, 2.45) is 11.3 Å². The lowest BCUT2D eigenvalue weighted by molar-refractivity contribution is -0.153. The lowest BCUT2D eigenvalue weighted by Crippen LogP contribution is -2.52. The van der Waals surface area contributed by atoms with Crippen LogP contribution in [-0.4, -0.2) is 37.1 Å². The number of nitrogens with zero attached hydrogens (tertiary/aromatic N) is 1. The van der Waals surface area contributed by atoms with Crippen LogP contribution in [0.5, 0.6) is 0 Å². The Morgan fingerprint density at radius 1 is 1.27 bits per heavy atom. The van der Waals surface area contributed by atoms with Crippen molar-refractivity contribution in [3.8, 4) is 0 Å². The van der Waals surface area contributed by atoms with Crippen LogP contribution < -0.4 is 0 Å². The molecule has 2 aliphatic heterocycles. The normalized spacial score (nSPS) is 28.9. The monoisotopic (exact) mass is 209 g/mol. The molecule has 15 heavy (non-hydrogen) atoms. The minimum Gasteiger partial charge on any atom is -0.380 e. The fourth-order valence-corrected chi connectivity index (χ4v) is 2.61. The molecule has 0 unspecified atom stereocenters. The molecule has 3 fully saturated rings. The van der Waals surface area contributed by atoms with Gasteiger partial charge < -0.3 is 9.64 Å². The molecule has 0 aromatic rings. The van der Waals surface area contributed by atoms with Gasteiger partial charge in [0.1, 0.15) is 0 Å². The number of amides is 1. The van der Waals surface area contributed by atoms with Gasteiger partial charge in [0, 0.05) is 24.9 Å². The Bertz CT molecular complexity index is 259. The average Bonchev–Trinajstić information content (AvgIpc) is 2.99. The summed E-state index contributed by atoms with van der Waals surface area (Å²) in [6.07, 6.45) is 5.67. The van der Waals surface area contributed by atoms with Crippen molar-refractivity contribution in [1.82, 2.24) is 4.90 Å². The topological polar surface area (TPSA) is 29.5 Å². The smallest absolute Gasteiger partial charge is 0.222 e. The van der Waals surface area contributed by atoms with Gasteiger partial charge in [-0.1, -0.05) is 0 Å². The van der Waals surface area contributed by atoms with Crippen molar-refractivity contribution in [3.63, 3.8) is 0 Å². The predicted octanol–water partition coefficient (Wildman–Crippen LogP) is 1.43. The quantitative estimate of drug-likeness (QED) is 0.688. The van der Waals surface area contributed by atoms with E-state index in [4.69, 9.17) is 4.74 Å². The second-order valence-corrected chi connectivity index (χ2v) is 5.52. The van der Waals surface area contributed by atoms with E-state index in [1.165, 1.54) is 12.8 Å². The molecule has 1 amide bonds. The van der Waals surface area contributed by atoms with Gasteiger partial charge in [0.15, 0.2) is 0 Å². The summed E-state index contributed by atoms with van der Waals surface area (Å²) >= 11 is 0. The summed E-state index contributed by atoms with van der Waals surface area (Å²) in [5.74, 6) is 1.12. The average molecular weight is 209 g/mol. The third-order valence-corrected chi connectivity index (χ3v) is 4.15. The highest BCUT2D eigenvalue weighted by Crippen LogP contribution is 2.39. The minimum absolute atomic E-state index is 0.396. The number of rotatable bonds is 2. The van der Waals surface area contributed by atoms with Gasteiger partial charge in [-0.2, -0.15) is 0 Å². The summed E-state index contributed by atoms with van der Waals surface area (Å²) in [5, 5.41) is 0. The fourth-order valence-electron chi connectivity index (χ4n) is 2.61. The van der Waals surface area contributed by atoms with E-state index in [1.807, 2.05) is 0 Å². The molecule has 3 heteroatoms. The largest absolute Gasteiger partial charge is 0.380 e. The number of piperidine rings is 1. The van der Waals surface area contributed by atoms with Gasteiger partial charge >= 0.3 is 0 Å². The fraction of sp³-hybridized carbons (Fsp3) is 0.917. The van der Waals surface area contributed by atoms with Gasteiger partial charge in [-0.05, 0) is 31.6 Å². The highest BCUT2D eigenvalue weighted by molar-refractivity contribution is 5.76. The van der Waals surface area contributed by atoms with E-state index < -0.39 is 0 Å². The van der Waals surface area contributed by atoms with Crippen molar-refractivity contribution in [2.75, 3.05) is 26.3 Å². The first-order valence-corrected chi connectivity index (χ1v) is 6.13. The summed E-state index contributed by atoms with van der Waals surface area (Å²) in [6, 6.07) is 0. The van der Waals surface area contributed by atoms with Crippen LogP contribution >= 0.6 is 0 Å². The summed E-state index contributed by atoms with van der Waals surface area (Å²) in [6.45, 7) is 3.79. The Hall–Kier alpha value is -0.570. The molecule has 0 N–H and O–H groups in total. The molecule has 0 aromatic heterocycles. The maximum Gasteiger partial charge on any atom is 0.222 e. The zero-order valence-corrected chi connectivity index (χ0v) is 9.21. The molecule has 3 aliphatic rings. The molecule has 0 bridgehead atoms. The first-order valence-electron chi connectivity index (χ1n) is 6.13. The van der Waals surface area contributed by atoms with Gasteiger partial charge in [-0.3, -0.25) is 4.79 Å². The molecule has 3 nitrogen and oxygen atoms in total. The molecule has 0 radical (unpaired) electrons. The Kier molecular flexibility index (Phi) is 2.23. The molecule has 84 valence electrons. The molecule has 0 aromatic carbocycles. The van der Waals surface area contributed by atoms with Crippen LogP contribution in [0.3, 0.4) is 0 Å². The van der Waals surface area contributed by atoms with Crippen LogP contribution in [0, 0.1) is 11.3 Å². The third-order valence-electron chi connectivity index (χ3n) is 4.15. The number of hydrogen-bond donors (Lipinski definition) is 0.